The van der Waals surface area contributed by atoms with Gasteiger partial charge in [-0.2, -0.15) is 13.2 Å². The number of hydrogen-bond acceptors (Lipinski definition) is 2. The summed E-state index contributed by atoms with van der Waals surface area (Å²) in [5, 5.41) is -0.0183. The van der Waals surface area contributed by atoms with Gasteiger partial charge in [-0.25, -0.2) is 0 Å². The maximum absolute atomic E-state index is 12.6. The molecule has 2 rings (SSSR count). The average molecular weight is 319 g/mol. The van der Waals surface area contributed by atoms with Gasteiger partial charge in [0.15, 0.2) is 0 Å². The van der Waals surface area contributed by atoms with E-state index in [-0.39, 0.29) is 10.9 Å². The van der Waals surface area contributed by atoms with E-state index in [1.165, 1.54) is 6.07 Å². The van der Waals surface area contributed by atoms with Crippen LogP contribution in [0, 0.1) is 11.8 Å². The first-order chi connectivity index (χ1) is 9.70. The molecule has 21 heavy (non-hydrogen) atoms. The quantitative estimate of drug-likeness (QED) is 0.829. The summed E-state index contributed by atoms with van der Waals surface area (Å²) in [5.41, 5.74) is 4.86. The maximum Gasteiger partial charge on any atom is 0.416 e. The molecule has 1 saturated carbocycles. The minimum Gasteiger partial charge on any atom is -0.398 e. The van der Waals surface area contributed by atoms with Crippen molar-refractivity contribution in [3.05, 3.63) is 23.8 Å². The number of rotatable bonds is 2. The van der Waals surface area contributed by atoms with Gasteiger partial charge in [0.2, 0.25) is 0 Å². The molecule has 0 saturated heterocycles. The number of halogens is 3. The highest BCUT2D eigenvalue weighted by atomic mass is 32.2. The predicted molar refractivity (Wildman–Crippen MR) is 78.2 cm³/mol. The fourth-order valence-electron chi connectivity index (χ4n) is 2.78. The van der Waals surface area contributed by atoms with Crippen molar-refractivity contribution < 1.29 is 17.4 Å². The molecule has 6 heteroatoms. The highest BCUT2D eigenvalue weighted by Gasteiger charge is 2.33. The smallest absolute Gasteiger partial charge is 0.398 e. The molecule has 1 aliphatic carbocycles. The molecule has 0 aliphatic heterocycles. The summed E-state index contributed by atoms with van der Waals surface area (Å²) in [7, 11) is -1.34. The van der Waals surface area contributed by atoms with Crippen molar-refractivity contribution in [2.24, 2.45) is 11.8 Å². The van der Waals surface area contributed by atoms with Crippen LogP contribution in [0.1, 0.15) is 38.7 Å². The highest BCUT2D eigenvalue weighted by Crippen LogP contribution is 2.36. The van der Waals surface area contributed by atoms with Crippen molar-refractivity contribution >= 4 is 16.5 Å². The van der Waals surface area contributed by atoms with Gasteiger partial charge in [-0.3, -0.25) is 4.21 Å². The van der Waals surface area contributed by atoms with E-state index in [2.05, 4.69) is 13.8 Å². The maximum atomic E-state index is 12.6. The normalized spacial score (nSPS) is 28.3. The summed E-state index contributed by atoms with van der Waals surface area (Å²) < 4.78 is 50.4. The molecule has 2 nitrogen and oxygen atoms in total. The van der Waals surface area contributed by atoms with E-state index in [1.807, 2.05) is 0 Å². The lowest BCUT2D eigenvalue weighted by Crippen LogP contribution is -2.28. The Kier molecular flexibility index (Phi) is 4.66. The molecule has 0 radical (unpaired) electrons. The Morgan fingerprint density at radius 1 is 1.19 bits per heavy atom. The third-order valence-electron chi connectivity index (χ3n) is 4.41. The Morgan fingerprint density at radius 3 is 2.38 bits per heavy atom. The first-order valence-corrected chi connectivity index (χ1v) is 8.28. The van der Waals surface area contributed by atoms with Crippen molar-refractivity contribution in [3.8, 4) is 0 Å². The van der Waals surface area contributed by atoms with E-state index in [1.54, 1.807) is 0 Å². The zero-order valence-corrected chi connectivity index (χ0v) is 12.9. The van der Waals surface area contributed by atoms with Crippen molar-refractivity contribution in [3.63, 3.8) is 0 Å². The van der Waals surface area contributed by atoms with Gasteiger partial charge < -0.3 is 5.73 Å². The first-order valence-electron chi connectivity index (χ1n) is 7.07. The van der Waals surface area contributed by atoms with Crippen LogP contribution in [0.2, 0.25) is 0 Å². The third kappa shape index (κ3) is 3.59. The monoisotopic (exact) mass is 319 g/mol. The molecular formula is C15H20F3NOS. The van der Waals surface area contributed by atoms with E-state index in [9.17, 15) is 17.4 Å². The number of anilines is 1. The number of hydrogen-bond donors (Lipinski definition) is 1. The van der Waals surface area contributed by atoms with Crippen LogP contribution in [0.15, 0.2) is 23.1 Å². The molecule has 118 valence electrons. The number of nitrogen functional groups attached to an aromatic ring is 1. The van der Waals surface area contributed by atoms with E-state index in [0.717, 1.165) is 31.4 Å². The molecule has 2 N–H and O–H groups in total. The van der Waals surface area contributed by atoms with Crippen LogP contribution in [0.4, 0.5) is 18.9 Å². The number of benzene rings is 1. The standard InChI is InChI=1S/C15H20F3NOS/c1-9-3-5-12(7-10(9)2)21(20)14-6-4-11(8-13(14)19)15(16,17)18/h4,6,8-10,12H,3,5,7,19H2,1-2H3. The van der Waals surface area contributed by atoms with Crippen LogP contribution in [-0.2, 0) is 17.0 Å². The van der Waals surface area contributed by atoms with E-state index >= 15 is 0 Å². The molecule has 0 heterocycles. The second-order valence-electron chi connectivity index (χ2n) is 5.94. The third-order valence-corrected chi connectivity index (χ3v) is 6.25. The fraction of sp³-hybridized carbons (Fsp3) is 0.600. The molecule has 0 aromatic heterocycles. The second kappa shape index (κ2) is 5.99. The van der Waals surface area contributed by atoms with Crippen LogP contribution in [0.5, 0.6) is 0 Å². The van der Waals surface area contributed by atoms with Gasteiger partial charge in [0, 0.05) is 10.9 Å². The van der Waals surface area contributed by atoms with Crippen LogP contribution in [-0.4, -0.2) is 9.46 Å². The summed E-state index contributed by atoms with van der Waals surface area (Å²) >= 11 is 0. The molecule has 0 amide bonds. The lowest BCUT2D eigenvalue weighted by molar-refractivity contribution is -0.137. The lowest BCUT2D eigenvalue weighted by Gasteiger charge is -2.31. The Labute approximate surface area is 125 Å². The lowest BCUT2D eigenvalue weighted by atomic mass is 9.81. The average Bonchev–Trinajstić information content (AvgIpc) is 2.40. The van der Waals surface area contributed by atoms with Crippen molar-refractivity contribution in [2.75, 3.05) is 5.73 Å². The minimum absolute atomic E-state index is 0.0183. The van der Waals surface area contributed by atoms with Crippen molar-refractivity contribution in [1.29, 1.82) is 0 Å². The summed E-state index contributed by atoms with van der Waals surface area (Å²) in [4.78, 5) is 0.328. The fourth-order valence-corrected chi connectivity index (χ4v) is 4.46. The molecule has 4 atom stereocenters. The van der Waals surface area contributed by atoms with E-state index in [4.69, 9.17) is 5.73 Å². The van der Waals surface area contributed by atoms with Crippen LogP contribution in [0.3, 0.4) is 0 Å². The Morgan fingerprint density at radius 2 is 1.86 bits per heavy atom. The molecule has 1 aromatic carbocycles. The van der Waals surface area contributed by atoms with E-state index < -0.39 is 22.5 Å². The van der Waals surface area contributed by atoms with Gasteiger partial charge in [-0.05, 0) is 49.3 Å². The van der Waals surface area contributed by atoms with Gasteiger partial charge in [-0.1, -0.05) is 13.8 Å². The Hall–Kier alpha value is -1.04. The SMILES string of the molecule is CC1CCC(S(=O)c2ccc(C(F)(F)F)cc2N)CC1C. The number of alkyl halides is 3. The zero-order valence-electron chi connectivity index (χ0n) is 12.1. The van der Waals surface area contributed by atoms with E-state index in [0.29, 0.717) is 16.7 Å². The minimum atomic E-state index is -4.43. The Bertz CT molecular complexity index is 544. The second-order valence-corrected chi connectivity index (χ2v) is 7.64. The summed E-state index contributed by atoms with van der Waals surface area (Å²) in [6.07, 6.45) is -1.77. The molecule has 1 aliphatic rings. The molecule has 0 bridgehead atoms. The summed E-state index contributed by atoms with van der Waals surface area (Å²) in [6, 6.07) is 3.09. The topological polar surface area (TPSA) is 43.1 Å². The highest BCUT2D eigenvalue weighted by molar-refractivity contribution is 7.85. The van der Waals surface area contributed by atoms with Gasteiger partial charge >= 0.3 is 6.18 Å². The predicted octanol–water partition coefficient (Wildman–Crippen LogP) is 4.22. The molecule has 0 spiro atoms. The Balaban J connectivity index is 2.20. The van der Waals surface area contributed by atoms with Gasteiger partial charge in [0.1, 0.15) is 0 Å². The number of nitrogens with two attached hydrogens (primary N) is 1. The molecule has 1 fully saturated rings. The van der Waals surface area contributed by atoms with Crippen molar-refractivity contribution in [2.45, 2.75) is 49.4 Å². The largest absolute Gasteiger partial charge is 0.416 e. The molecule has 1 aromatic rings. The van der Waals surface area contributed by atoms with Crippen LogP contribution < -0.4 is 5.73 Å². The molecular weight excluding hydrogens is 299 g/mol. The first kappa shape index (κ1) is 16.3. The summed E-state index contributed by atoms with van der Waals surface area (Å²) in [6.45, 7) is 4.31. The summed E-state index contributed by atoms with van der Waals surface area (Å²) in [5.74, 6) is 1.08. The molecule has 4 unspecified atom stereocenters. The zero-order chi connectivity index (χ0) is 15.8. The van der Waals surface area contributed by atoms with Gasteiger partial charge in [-0.15, -0.1) is 0 Å². The van der Waals surface area contributed by atoms with Gasteiger partial charge in [0.25, 0.3) is 0 Å². The van der Waals surface area contributed by atoms with Crippen molar-refractivity contribution in [1.82, 2.24) is 0 Å². The van der Waals surface area contributed by atoms with Gasteiger partial charge in [0.05, 0.1) is 21.3 Å². The van der Waals surface area contributed by atoms with Crippen LogP contribution >= 0.6 is 0 Å². The van der Waals surface area contributed by atoms with Crippen LogP contribution in [0.25, 0.3) is 0 Å².